The Kier molecular flexibility index (Phi) is 2.97. The normalized spacial score (nSPS) is 39.7. The second-order valence-corrected chi connectivity index (χ2v) is 8.07. The number of hydrogen-bond acceptors (Lipinski definition) is 2. The number of carbonyl (C=O) groups excluding carboxylic acids is 1. The third-order valence-electron chi connectivity index (χ3n) is 6.58. The molecule has 19 heavy (non-hydrogen) atoms. The molecule has 2 aliphatic carbocycles. The predicted octanol–water partition coefficient (Wildman–Crippen LogP) is 2.17. The first-order valence-corrected chi connectivity index (χ1v) is 7.85. The first-order valence-electron chi connectivity index (χ1n) is 7.85. The third-order valence-corrected chi connectivity index (χ3v) is 6.58. The fourth-order valence-electron chi connectivity index (χ4n) is 4.57. The molecule has 0 bridgehead atoms. The lowest BCUT2D eigenvalue weighted by Gasteiger charge is -2.31. The zero-order valence-electron chi connectivity index (χ0n) is 12.8. The van der Waals surface area contributed by atoms with Crippen LogP contribution in [0.15, 0.2) is 0 Å². The average molecular weight is 264 g/mol. The van der Waals surface area contributed by atoms with E-state index in [2.05, 4.69) is 38.3 Å². The van der Waals surface area contributed by atoms with Crippen molar-refractivity contribution in [3.63, 3.8) is 0 Å². The molecule has 1 saturated heterocycles. The molecule has 0 aromatic carbocycles. The van der Waals surface area contributed by atoms with Gasteiger partial charge in [-0.25, -0.2) is 0 Å². The minimum Gasteiger partial charge on any atom is -0.353 e. The van der Waals surface area contributed by atoms with Crippen LogP contribution in [0.1, 0.15) is 47.0 Å². The van der Waals surface area contributed by atoms with Crippen molar-refractivity contribution >= 4 is 5.91 Å². The van der Waals surface area contributed by atoms with Gasteiger partial charge in [0.05, 0.1) is 0 Å². The maximum Gasteiger partial charge on any atom is 0.224 e. The number of fused-ring (bicyclic) bond motifs is 1. The van der Waals surface area contributed by atoms with Gasteiger partial charge in [-0.05, 0) is 55.0 Å². The lowest BCUT2D eigenvalue weighted by Crippen LogP contribution is -2.42. The molecule has 1 unspecified atom stereocenters. The summed E-state index contributed by atoms with van der Waals surface area (Å²) in [5, 5.41) is 6.82. The first-order chi connectivity index (χ1) is 8.84. The van der Waals surface area contributed by atoms with E-state index in [1.807, 2.05) is 0 Å². The van der Waals surface area contributed by atoms with Gasteiger partial charge < -0.3 is 10.6 Å². The van der Waals surface area contributed by atoms with Crippen LogP contribution in [-0.2, 0) is 4.79 Å². The summed E-state index contributed by atoms with van der Waals surface area (Å²) in [6.07, 6.45) is 3.62. The molecule has 3 atom stereocenters. The minimum atomic E-state index is 0.156. The summed E-state index contributed by atoms with van der Waals surface area (Å²) < 4.78 is 0. The highest BCUT2D eigenvalue weighted by Crippen LogP contribution is 2.68. The van der Waals surface area contributed by atoms with E-state index in [1.54, 1.807) is 0 Å². The number of rotatable bonds is 2. The maximum absolute atomic E-state index is 12.5. The lowest BCUT2D eigenvalue weighted by molar-refractivity contribution is -0.124. The fraction of sp³-hybridized carbons (Fsp3) is 0.938. The molecule has 2 saturated carbocycles. The molecule has 0 radical (unpaired) electrons. The summed E-state index contributed by atoms with van der Waals surface area (Å²) >= 11 is 0. The van der Waals surface area contributed by atoms with Crippen LogP contribution in [0.2, 0.25) is 0 Å². The summed E-state index contributed by atoms with van der Waals surface area (Å²) in [6, 6.07) is 0.417. The largest absolute Gasteiger partial charge is 0.353 e. The Balaban J connectivity index is 1.57. The van der Waals surface area contributed by atoms with Crippen molar-refractivity contribution in [2.75, 3.05) is 13.1 Å². The molecule has 3 fully saturated rings. The summed E-state index contributed by atoms with van der Waals surface area (Å²) in [5.74, 6) is 2.14. The van der Waals surface area contributed by atoms with Gasteiger partial charge >= 0.3 is 0 Å². The van der Waals surface area contributed by atoms with Gasteiger partial charge in [0.15, 0.2) is 0 Å². The molecule has 3 heteroatoms. The monoisotopic (exact) mass is 264 g/mol. The van der Waals surface area contributed by atoms with Crippen LogP contribution < -0.4 is 10.6 Å². The standard InChI is InChI=1S/C16H28N2O/c1-15(2)13(16(15,3)4)14(19)18-12-6-5-10-8-17-9-11(10)7-12/h10-13,17H,5-9H2,1-4H3,(H,18,19)/t10-,11+,12?/m0/s1. The van der Waals surface area contributed by atoms with Gasteiger partial charge in [0.2, 0.25) is 5.91 Å². The van der Waals surface area contributed by atoms with E-state index >= 15 is 0 Å². The Labute approximate surface area is 116 Å². The second-order valence-electron chi connectivity index (χ2n) is 8.07. The van der Waals surface area contributed by atoms with Crippen LogP contribution in [0.3, 0.4) is 0 Å². The van der Waals surface area contributed by atoms with E-state index in [0.717, 1.165) is 18.4 Å². The Morgan fingerprint density at radius 3 is 2.32 bits per heavy atom. The summed E-state index contributed by atoms with van der Waals surface area (Å²) in [5.41, 5.74) is 0.312. The maximum atomic E-state index is 12.5. The van der Waals surface area contributed by atoms with Gasteiger partial charge in [-0.3, -0.25) is 4.79 Å². The Morgan fingerprint density at radius 1 is 1.05 bits per heavy atom. The van der Waals surface area contributed by atoms with Crippen LogP contribution >= 0.6 is 0 Å². The number of nitrogens with one attached hydrogen (secondary N) is 2. The van der Waals surface area contributed by atoms with Crippen LogP contribution in [0.5, 0.6) is 0 Å². The molecule has 0 spiro atoms. The lowest BCUT2D eigenvalue weighted by atomic mass is 9.79. The molecule has 1 amide bonds. The fourth-order valence-corrected chi connectivity index (χ4v) is 4.57. The molecule has 3 aliphatic rings. The third kappa shape index (κ3) is 2.01. The molecule has 1 heterocycles. The summed E-state index contributed by atoms with van der Waals surface area (Å²) in [4.78, 5) is 12.5. The highest BCUT2D eigenvalue weighted by Gasteiger charge is 2.68. The molecule has 2 N–H and O–H groups in total. The summed E-state index contributed by atoms with van der Waals surface area (Å²) in [6.45, 7) is 11.2. The number of hydrogen-bond donors (Lipinski definition) is 2. The molecule has 1 aliphatic heterocycles. The van der Waals surface area contributed by atoms with Crippen molar-refractivity contribution in [1.82, 2.24) is 10.6 Å². The zero-order valence-corrected chi connectivity index (χ0v) is 12.8. The van der Waals surface area contributed by atoms with Crippen molar-refractivity contribution in [3.05, 3.63) is 0 Å². The minimum absolute atomic E-state index is 0.156. The molecular formula is C16H28N2O. The van der Waals surface area contributed by atoms with Crippen molar-refractivity contribution in [2.24, 2.45) is 28.6 Å². The van der Waals surface area contributed by atoms with Crippen LogP contribution in [0.25, 0.3) is 0 Å². The van der Waals surface area contributed by atoms with Gasteiger partial charge in [0, 0.05) is 12.0 Å². The topological polar surface area (TPSA) is 41.1 Å². The van der Waals surface area contributed by atoms with E-state index in [0.29, 0.717) is 11.9 Å². The highest BCUT2D eigenvalue weighted by atomic mass is 16.2. The zero-order chi connectivity index (χ0) is 13.8. The molecular weight excluding hydrogens is 236 g/mol. The quantitative estimate of drug-likeness (QED) is 0.802. The predicted molar refractivity (Wildman–Crippen MR) is 76.7 cm³/mol. The SMILES string of the molecule is CC1(C)C(C(=O)NC2CC[C@H]3CNC[C@H]3C2)C1(C)C. The van der Waals surface area contributed by atoms with Crippen LogP contribution in [-0.4, -0.2) is 25.0 Å². The van der Waals surface area contributed by atoms with E-state index in [1.165, 1.54) is 25.8 Å². The van der Waals surface area contributed by atoms with Crippen molar-refractivity contribution < 1.29 is 4.79 Å². The van der Waals surface area contributed by atoms with Gasteiger partial charge in [-0.2, -0.15) is 0 Å². The Morgan fingerprint density at radius 2 is 1.68 bits per heavy atom. The number of carbonyl (C=O) groups is 1. The van der Waals surface area contributed by atoms with E-state index in [4.69, 9.17) is 0 Å². The Hall–Kier alpha value is -0.570. The van der Waals surface area contributed by atoms with Crippen molar-refractivity contribution in [3.8, 4) is 0 Å². The molecule has 0 aromatic rings. The van der Waals surface area contributed by atoms with E-state index in [9.17, 15) is 4.79 Å². The van der Waals surface area contributed by atoms with Crippen molar-refractivity contribution in [1.29, 1.82) is 0 Å². The first kappa shape index (κ1) is 13.4. The summed E-state index contributed by atoms with van der Waals surface area (Å²) in [7, 11) is 0. The van der Waals surface area contributed by atoms with Gasteiger partial charge in [-0.15, -0.1) is 0 Å². The van der Waals surface area contributed by atoms with E-state index in [-0.39, 0.29) is 16.7 Å². The molecule has 0 aromatic heterocycles. The van der Waals surface area contributed by atoms with Gasteiger partial charge in [-0.1, -0.05) is 27.7 Å². The molecule has 3 rings (SSSR count). The second kappa shape index (κ2) is 4.21. The van der Waals surface area contributed by atoms with E-state index < -0.39 is 0 Å². The van der Waals surface area contributed by atoms with Crippen LogP contribution in [0.4, 0.5) is 0 Å². The molecule has 3 nitrogen and oxygen atoms in total. The van der Waals surface area contributed by atoms with Gasteiger partial charge in [0.25, 0.3) is 0 Å². The highest BCUT2D eigenvalue weighted by molar-refractivity contribution is 5.84. The number of amides is 1. The van der Waals surface area contributed by atoms with Gasteiger partial charge in [0.1, 0.15) is 0 Å². The average Bonchev–Trinajstić information content (AvgIpc) is 2.67. The van der Waals surface area contributed by atoms with Crippen LogP contribution in [0, 0.1) is 28.6 Å². The molecule has 108 valence electrons. The van der Waals surface area contributed by atoms with Crippen molar-refractivity contribution in [2.45, 2.75) is 53.0 Å². The Bertz CT molecular complexity index is 374. The smallest absolute Gasteiger partial charge is 0.224 e.